The second kappa shape index (κ2) is 15.4. The van der Waals surface area contributed by atoms with Gasteiger partial charge < -0.3 is 25.2 Å². The molecule has 238 valence electrons. The monoisotopic (exact) mass is 606 g/mol. The zero-order valence-electron chi connectivity index (χ0n) is 26.5. The largest absolute Gasteiger partial charge is 0.494 e. The molecule has 1 amide bonds. The van der Waals surface area contributed by atoms with Crippen LogP contribution in [0, 0.1) is 17.7 Å². The number of carbonyl (C=O) groups excluding carboxylic acids is 1. The minimum atomic E-state index is -1.19. The molecule has 2 bridgehead atoms. The number of rotatable bonds is 11. The fourth-order valence-electron chi connectivity index (χ4n) is 6.86. The number of hydrogen-bond acceptors (Lipinski definition) is 7. The normalized spacial score (nSPS) is 30.1. The third-order valence-electron chi connectivity index (χ3n) is 9.50. The molecule has 8 nitrogen and oxygen atoms in total. The summed E-state index contributed by atoms with van der Waals surface area (Å²) in [6, 6.07) is 6.62. The standard InChI is InChI=1S/C32H55FN4O4Si/c1-22-10-8-14-26(34-17-16-28(38)24-12-9-15-29(40-2)30(24)33)31-35-27(20-37(31)21-41-18-19-42(3,4)5)23-11-6-7-13-25(23)36-32(22)39/h9,12,15,22-23,25-28,31,34-35,38H,6-8,10-11,13-14,16-21H2,1-5H3,(H,36,39)/t22-,23?,25?,26+,27?,28?,31?/m1/s1. The Morgan fingerprint density at radius 1 is 1.14 bits per heavy atom. The number of methoxy groups -OCH3 is 1. The number of aliphatic hydroxyl groups excluding tert-OH is 1. The first-order valence-electron chi connectivity index (χ1n) is 16.2. The number of hydrogen-bond donors (Lipinski definition) is 4. The Kier molecular flexibility index (Phi) is 12.3. The van der Waals surface area contributed by atoms with Gasteiger partial charge in [0.15, 0.2) is 11.6 Å². The maximum atomic E-state index is 14.8. The Balaban J connectivity index is 1.48. The average Bonchev–Trinajstić information content (AvgIpc) is 3.37. The Bertz CT molecular complexity index is 1010. The maximum Gasteiger partial charge on any atom is 0.223 e. The molecule has 1 saturated carbocycles. The third kappa shape index (κ3) is 8.98. The topological polar surface area (TPSA) is 95.1 Å². The van der Waals surface area contributed by atoms with Crippen LogP contribution in [0.5, 0.6) is 5.75 Å². The van der Waals surface area contributed by atoms with Crippen molar-refractivity contribution in [3.63, 3.8) is 0 Å². The van der Waals surface area contributed by atoms with Crippen LogP contribution in [0.25, 0.3) is 0 Å². The predicted molar refractivity (Wildman–Crippen MR) is 168 cm³/mol. The van der Waals surface area contributed by atoms with Crippen LogP contribution in [0.2, 0.25) is 25.7 Å². The fraction of sp³-hybridized carbons (Fsp3) is 0.781. The van der Waals surface area contributed by atoms with E-state index in [0.29, 0.717) is 25.6 Å². The van der Waals surface area contributed by atoms with Gasteiger partial charge in [0, 0.05) is 50.8 Å². The number of halogens is 1. The first-order valence-corrected chi connectivity index (χ1v) is 19.9. The van der Waals surface area contributed by atoms with E-state index in [1.807, 2.05) is 6.92 Å². The van der Waals surface area contributed by atoms with E-state index in [4.69, 9.17) is 9.47 Å². The van der Waals surface area contributed by atoms with Crippen LogP contribution in [0.1, 0.15) is 70.0 Å². The van der Waals surface area contributed by atoms with Crippen molar-refractivity contribution in [2.24, 2.45) is 11.8 Å². The number of nitrogens with zero attached hydrogens (tertiary/aromatic N) is 1. The molecule has 2 heterocycles. The zero-order chi connectivity index (χ0) is 30.3. The van der Waals surface area contributed by atoms with E-state index in [9.17, 15) is 14.3 Å². The summed E-state index contributed by atoms with van der Waals surface area (Å²) in [5, 5.41) is 22.0. The highest BCUT2D eigenvalue weighted by atomic mass is 28.3. The van der Waals surface area contributed by atoms with Crippen molar-refractivity contribution in [2.45, 2.75) is 114 Å². The minimum absolute atomic E-state index is 0.0166. The summed E-state index contributed by atoms with van der Waals surface area (Å²) >= 11 is 0. The summed E-state index contributed by atoms with van der Waals surface area (Å²) in [6.07, 6.45) is 6.69. The van der Waals surface area contributed by atoms with Gasteiger partial charge in [-0.05, 0) is 56.7 Å². The number of ether oxygens (including phenoxy) is 2. The molecule has 5 unspecified atom stereocenters. The second-order valence-electron chi connectivity index (χ2n) is 14.0. The number of benzene rings is 1. The van der Waals surface area contributed by atoms with Crippen molar-refractivity contribution < 1.29 is 23.8 Å². The van der Waals surface area contributed by atoms with Crippen molar-refractivity contribution in [3.8, 4) is 5.75 Å². The van der Waals surface area contributed by atoms with E-state index in [1.54, 1.807) is 18.2 Å². The lowest BCUT2D eigenvalue weighted by Crippen LogP contribution is -2.55. The molecule has 0 aromatic heterocycles. The van der Waals surface area contributed by atoms with Crippen LogP contribution in [0.3, 0.4) is 0 Å². The smallest absolute Gasteiger partial charge is 0.223 e. The van der Waals surface area contributed by atoms with Gasteiger partial charge in [0.05, 0.1) is 19.4 Å². The van der Waals surface area contributed by atoms with Gasteiger partial charge >= 0.3 is 0 Å². The summed E-state index contributed by atoms with van der Waals surface area (Å²) in [4.78, 5) is 15.5. The van der Waals surface area contributed by atoms with E-state index < -0.39 is 20.0 Å². The number of nitrogens with one attached hydrogen (secondary N) is 3. The van der Waals surface area contributed by atoms with Crippen LogP contribution in [-0.2, 0) is 9.53 Å². The molecule has 42 heavy (non-hydrogen) atoms. The molecule has 1 aliphatic carbocycles. The molecule has 0 spiro atoms. The molecule has 2 saturated heterocycles. The second-order valence-corrected chi connectivity index (χ2v) is 19.6. The molecule has 7 atom stereocenters. The van der Waals surface area contributed by atoms with E-state index in [-0.39, 0.29) is 47.4 Å². The van der Waals surface area contributed by atoms with Gasteiger partial charge in [-0.25, -0.2) is 4.39 Å². The number of aliphatic hydroxyl groups is 1. The van der Waals surface area contributed by atoms with Gasteiger partial charge in [0.25, 0.3) is 0 Å². The summed E-state index contributed by atoms with van der Waals surface area (Å²) < 4.78 is 26.2. The summed E-state index contributed by atoms with van der Waals surface area (Å²) in [7, 11) is 0.245. The maximum absolute atomic E-state index is 14.8. The highest BCUT2D eigenvalue weighted by Crippen LogP contribution is 2.33. The molecular weight excluding hydrogens is 551 g/mol. The molecule has 3 fully saturated rings. The zero-order valence-corrected chi connectivity index (χ0v) is 27.5. The lowest BCUT2D eigenvalue weighted by molar-refractivity contribution is -0.126. The van der Waals surface area contributed by atoms with Crippen LogP contribution < -0.4 is 20.7 Å². The van der Waals surface area contributed by atoms with Crippen molar-refractivity contribution >= 4 is 14.0 Å². The fourth-order valence-corrected chi connectivity index (χ4v) is 7.62. The van der Waals surface area contributed by atoms with Gasteiger partial charge in [-0.15, -0.1) is 0 Å². The van der Waals surface area contributed by atoms with Gasteiger partial charge in [-0.3, -0.25) is 15.0 Å². The van der Waals surface area contributed by atoms with Crippen molar-refractivity contribution in [2.75, 3.05) is 33.5 Å². The number of carbonyl (C=O) groups is 1. The van der Waals surface area contributed by atoms with E-state index in [0.717, 1.165) is 57.7 Å². The lowest BCUT2D eigenvalue weighted by Gasteiger charge is -2.37. The Hall–Kier alpha value is -1.56. The summed E-state index contributed by atoms with van der Waals surface area (Å²) in [5.74, 6) is 0.194. The van der Waals surface area contributed by atoms with Crippen molar-refractivity contribution in [3.05, 3.63) is 29.6 Å². The molecule has 0 radical (unpaired) electrons. The quantitative estimate of drug-likeness (QED) is 0.216. The van der Waals surface area contributed by atoms with Gasteiger partial charge in [0.1, 0.15) is 6.73 Å². The van der Waals surface area contributed by atoms with Crippen LogP contribution in [0.4, 0.5) is 4.39 Å². The Morgan fingerprint density at radius 2 is 1.93 bits per heavy atom. The molecule has 4 N–H and O–H groups in total. The first-order chi connectivity index (χ1) is 20.1. The summed E-state index contributed by atoms with van der Waals surface area (Å²) in [6.45, 7) is 12.0. The van der Waals surface area contributed by atoms with E-state index in [2.05, 4.69) is 40.5 Å². The SMILES string of the molecule is COc1cccc(C(O)CCN[C@H]2CCC[C@@H](C)C(=O)NC3CCCCC3C3CN(COCC[Si](C)(C)C)C2N3)c1F. The Morgan fingerprint density at radius 3 is 2.69 bits per heavy atom. The van der Waals surface area contributed by atoms with Crippen LogP contribution >= 0.6 is 0 Å². The van der Waals surface area contributed by atoms with Crippen molar-refractivity contribution in [1.82, 2.24) is 20.9 Å². The predicted octanol–water partition coefficient (Wildman–Crippen LogP) is 4.62. The van der Waals surface area contributed by atoms with Gasteiger partial charge in [-0.1, -0.05) is 58.0 Å². The highest BCUT2D eigenvalue weighted by Gasteiger charge is 2.43. The van der Waals surface area contributed by atoms with Gasteiger partial charge in [0.2, 0.25) is 5.91 Å². The molecule has 4 rings (SSSR count). The van der Waals surface area contributed by atoms with Crippen molar-refractivity contribution in [1.29, 1.82) is 0 Å². The molecule has 1 aromatic carbocycles. The van der Waals surface area contributed by atoms with Crippen LogP contribution in [0.15, 0.2) is 18.2 Å². The molecular formula is C32H55FN4O4Si. The van der Waals surface area contributed by atoms with E-state index in [1.165, 1.54) is 13.5 Å². The summed E-state index contributed by atoms with van der Waals surface area (Å²) in [5.41, 5.74) is 0.259. The molecule has 1 aromatic rings. The molecule has 2 aliphatic heterocycles. The number of fused-ring (bicyclic) bond motifs is 4. The Labute approximate surface area is 253 Å². The third-order valence-corrected chi connectivity index (χ3v) is 11.2. The first kappa shape index (κ1) is 33.3. The van der Waals surface area contributed by atoms with Gasteiger partial charge in [-0.2, -0.15) is 0 Å². The lowest BCUT2D eigenvalue weighted by atomic mass is 9.79. The average molecular weight is 607 g/mol. The number of amides is 1. The highest BCUT2D eigenvalue weighted by molar-refractivity contribution is 6.76. The molecule has 3 aliphatic rings. The molecule has 10 heteroatoms. The van der Waals surface area contributed by atoms with Crippen LogP contribution in [-0.4, -0.2) is 81.8 Å². The van der Waals surface area contributed by atoms with E-state index >= 15 is 0 Å². The minimum Gasteiger partial charge on any atom is -0.494 e.